The maximum atomic E-state index is 13.7. The van der Waals surface area contributed by atoms with Crippen LogP contribution < -0.4 is 0 Å². The number of carbonyl (C=O) groups is 1. The first kappa shape index (κ1) is 15.1. The zero-order valence-corrected chi connectivity index (χ0v) is 13.3. The van der Waals surface area contributed by atoms with Crippen molar-refractivity contribution in [2.24, 2.45) is 7.05 Å². The Morgan fingerprint density at radius 3 is 2.80 bits per heavy atom. The molecule has 1 heterocycles. The van der Waals surface area contributed by atoms with Crippen LogP contribution in [0.15, 0.2) is 27.6 Å². The highest BCUT2D eigenvalue weighted by atomic mass is 79.9. The Kier molecular flexibility index (Phi) is 4.49. The van der Waals surface area contributed by atoms with Crippen molar-refractivity contribution in [3.63, 3.8) is 0 Å². The molecule has 0 saturated carbocycles. The van der Waals surface area contributed by atoms with Crippen molar-refractivity contribution in [3.8, 4) is 0 Å². The molecule has 0 aliphatic rings. The van der Waals surface area contributed by atoms with E-state index in [1.165, 1.54) is 30.0 Å². The van der Waals surface area contributed by atoms with E-state index >= 15 is 0 Å². The minimum absolute atomic E-state index is 0.0779. The fourth-order valence-electron chi connectivity index (χ4n) is 1.73. The van der Waals surface area contributed by atoms with E-state index in [9.17, 15) is 9.18 Å². The number of aromatic nitrogens is 2. The summed E-state index contributed by atoms with van der Waals surface area (Å²) in [5, 5.41) is 13.2. The van der Waals surface area contributed by atoms with Gasteiger partial charge < -0.3 is 5.11 Å². The van der Waals surface area contributed by atoms with Gasteiger partial charge in [0.2, 0.25) is 0 Å². The van der Waals surface area contributed by atoms with E-state index in [1.54, 1.807) is 4.68 Å². The average Bonchev–Trinajstić information content (AvgIpc) is 2.63. The van der Waals surface area contributed by atoms with Crippen LogP contribution in [0.3, 0.4) is 0 Å². The lowest BCUT2D eigenvalue weighted by Gasteiger charge is -2.06. The first-order valence-corrected chi connectivity index (χ1v) is 7.51. The Hall–Kier alpha value is -1.34. The third-order valence-corrected chi connectivity index (χ3v) is 4.88. The number of nitrogens with zero attached hydrogens (tertiary/aromatic N) is 2. The summed E-state index contributed by atoms with van der Waals surface area (Å²) in [4.78, 5) is 11.2. The molecule has 0 amide bonds. The summed E-state index contributed by atoms with van der Waals surface area (Å²) < 4.78 is 16.3. The number of thioether (sulfide) groups is 1. The van der Waals surface area contributed by atoms with Gasteiger partial charge in [-0.05, 0) is 41.1 Å². The topological polar surface area (TPSA) is 55.1 Å². The van der Waals surface area contributed by atoms with Crippen LogP contribution in [0.2, 0.25) is 0 Å². The van der Waals surface area contributed by atoms with Crippen LogP contribution in [0.25, 0.3) is 0 Å². The number of aryl methyl sites for hydroxylation is 2. The van der Waals surface area contributed by atoms with Crippen LogP contribution in [0.1, 0.15) is 21.7 Å². The Balaban J connectivity index is 2.22. The fourth-order valence-corrected chi connectivity index (χ4v) is 3.43. The molecule has 0 bridgehead atoms. The number of aromatic carboxylic acids is 1. The number of rotatable bonds is 4. The first-order valence-electron chi connectivity index (χ1n) is 5.73. The summed E-state index contributed by atoms with van der Waals surface area (Å²) >= 11 is 4.69. The summed E-state index contributed by atoms with van der Waals surface area (Å²) in [5.41, 5.74) is 1.87. The standard InChI is InChI=1S/C13H12BrFN2O2S/c1-7-12(14)10(17(2)16-7)6-20-11-5-8(13(18)19)3-4-9(11)15/h3-5H,6H2,1-2H3,(H,18,19). The van der Waals surface area contributed by atoms with Gasteiger partial charge in [0.25, 0.3) is 0 Å². The van der Waals surface area contributed by atoms with Gasteiger partial charge in [-0.1, -0.05) is 0 Å². The molecule has 4 nitrogen and oxygen atoms in total. The van der Waals surface area contributed by atoms with Crippen LogP contribution >= 0.6 is 27.7 Å². The molecule has 1 aromatic heterocycles. The van der Waals surface area contributed by atoms with Crippen molar-refractivity contribution in [2.45, 2.75) is 17.6 Å². The molecule has 2 aromatic rings. The van der Waals surface area contributed by atoms with E-state index in [0.717, 1.165) is 15.9 Å². The fraction of sp³-hybridized carbons (Fsp3) is 0.231. The predicted octanol–water partition coefficient (Wildman–Crippen LogP) is 3.62. The minimum atomic E-state index is -1.07. The largest absolute Gasteiger partial charge is 0.478 e. The quantitative estimate of drug-likeness (QED) is 0.848. The number of hydrogen-bond donors (Lipinski definition) is 1. The summed E-state index contributed by atoms with van der Waals surface area (Å²) in [6, 6.07) is 3.78. The lowest BCUT2D eigenvalue weighted by atomic mass is 10.2. The molecule has 20 heavy (non-hydrogen) atoms. The van der Waals surface area contributed by atoms with Crippen molar-refractivity contribution in [2.75, 3.05) is 0 Å². The molecule has 0 unspecified atom stereocenters. The third kappa shape index (κ3) is 3.04. The smallest absolute Gasteiger partial charge is 0.335 e. The molecule has 106 valence electrons. The zero-order valence-electron chi connectivity index (χ0n) is 10.9. The van der Waals surface area contributed by atoms with E-state index in [0.29, 0.717) is 10.6 Å². The van der Waals surface area contributed by atoms with E-state index in [2.05, 4.69) is 21.0 Å². The molecular weight excluding hydrogens is 347 g/mol. The van der Waals surface area contributed by atoms with Crippen molar-refractivity contribution >= 4 is 33.7 Å². The van der Waals surface area contributed by atoms with Gasteiger partial charge in [0.05, 0.1) is 21.4 Å². The van der Waals surface area contributed by atoms with Gasteiger partial charge in [-0.3, -0.25) is 4.68 Å². The van der Waals surface area contributed by atoms with Gasteiger partial charge in [-0.15, -0.1) is 11.8 Å². The molecule has 2 rings (SSSR count). The van der Waals surface area contributed by atoms with E-state index < -0.39 is 11.8 Å². The maximum absolute atomic E-state index is 13.7. The Morgan fingerprint density at radius 1 is 1.55 bits per heavy atom. The van der Waals surface area contributed by atoms with Crippen LogP contribution in [0.5, 0.6) is 0 Å². The molecular formula is C13H12BrFN2O2S. The third-order valence-electron chi connectivity index (χ3n) is 2.80. The summed E-state index contributed by atoms with van der Waals surface area (Å²) in [6.45, 7) is 1.88. The molecule has 0 aliphatic carbocycles. The second-order valence-corrected chi connectivity index (χ2v) is 6.02. The van der Waals surface area contributed by atoms with E-state index in [4.69, 9.17) is 5.11 Å². The number of carboxylic acids is 1. The van der Waals surface area contributed by atoms with Crippen molar-refractivity contribution < 1.29 is 14.3 Å². The van der Waals surface area contributed by atoms with E-state index in [1.807, 2.05) is 14.0 Å². The van der Waals surface area contributed by atoms with Gasteiger partial charge in [0, 0.05) is 17.7 Å². The van der Waals surface area contributed by atoms with Gasteiger partial charge in [0.1, 0.15) is 5.82 Å². The molecule has 0 radical (unpaired) electrons. The SMILES string of the molecule is Cc1nn(C)c(CSc2cc(C(=O)O)ccc2F)c1Br. The molecule has 0 aliphatic heterocycles. The summed E-state index contributed by atoms with van der Waals surface area (Å²) in [6.07, 6.45) is 0. The van der Waals surface area contributed by atoms with Crippen molar-refractivity contribution in [3.05, 3.63) is 45.4 Å². The van der Waals surface area contributed by atoms with Crippen LogP contribution in [-0.2, 0) is 12.8 Å². The van der Waals surface area contributed by atoms with Gasteiger partial charge in [-0.2, -0.15) is 5.10 Å². The number of carboxylic acid groups (broad SMARTS) is 1. The summed E-state index contributed by atoms with van der Waals surface area (Å²) in [5.74, 6) is -0.989. The lowest BCUT2D eigenvalue weighted by molar-refractivity contribution is 0.0696. The van der Waals surface area contributed by atoms with Gasteiger partial charge in [-0.25, -0.2) is 9.18 Å². The van der Waals surface area contributed by atoms with Gasteiger partial charge in [0.15, 0.2) is 0 Å². The second kappa shape index (κ2) is 5.97. The molecule has 0 atom stereocenters. The molecule has 7 heteroatoms. The van der Waals surface area contributed by atoms with Crippen LogP contribution in [0.4, 0.5) is 4.39 Å². The Bertz CT molecular complexity index is 673. The van der Waals surface area contributed by atoms with Crippen molar-refractivity contribution in [1.82, 2.24) is 9.78 Å². The summed E-state index contributed by atoms with van der Waals surface area (Å²) in [7, 11) is 1.82. The van der Waals surface area contributed by atoms with Crippen LogP contribution in [0, 0.1) is 12.7 Å². The van der Waals surface area contributed by atoms with Crippen LogP contribution in [-0.4, -0.2) is 20.9 Å². The highest BCUT2D eigenvalue weighted by Gasteiger charge is 2.13. The number of halogens is 2. The minimum Gasteiger partial charge on any atom is -0.478 e. The Labute approximate surface area is 128 Å². The highest BCUT2D eigenvalue weighted by molar-refractivity contribution is 9.10. The maximum Gasteiger partial charge on any atom is 0.335 e. The normalized spacial score (nSPS) is 10.8. The Morgan fingerprint density at radius 2 is 2.25 bits per heavy atom. The average molecular weight is 359 g/mol. The lowest BCUT2D eigenvalue weighted by Crippen LogP contribution is -1.99. The molecule has 1 N–H and O–H groups in total. The molecule has 0 saturated heterocycles. The van der Waals surface area contributed by atoms with E-state index in [-0.39, 0.29) is 5.56 Å². The van der Waals surface area contributed by atoms with Gasteiger partial charge >= 0.3 is 5.97 Å². The second-order valence-electron chi connectivity index (χ2n) is 4.21. The zero-order chi connectivity index (χ0) is 14.9. The number of benzene rings is 1. The molecule has 0 fully saturated rings. The first-order chi connectivity index (χ1) is 9.40. The highest BCUT2D eigenvalue weighted by Crippen LogP contribution is 2.30. The number of hydrogen-bond acceptors (Lipinski definition) is 3. The van der Waals surface area contributed by atoms with Crippen molar-refractivity contribution in [1.29, 1.82) is 0 Å². The predicted molar refractivity (Wildman–Crippen MR) is 78.6 cm³/mol. The monoisotopic (exact) mass is 358 g/mol. The molecule has 0 spiro atoms. The molecule has 1 aromatic carbocycles.